The highest BCUT2D eigenvalue weighted by Gasteiger charge is 2.09. The van der Waals surface area contributed by atoms with Crippen molar-refractivity contribution in [1.29, 1.82) is 0 Å². The second-order valence-corrected chi connectivity index (χ2v) is 7.16. The SMILES string of the molecule is c1ccc(Oc2ccc(-c3ccc(Oc4ccccc4)s3)s2)cc1. The van der Waals surface area contributed by atoms with Crippen molar-refractivity contribution >= 4 is 22.7 Å². The van der Waals surface area contributed by atoms with Gasteiger partial charge in [0, 0.05) is 9.75 Å². The average Bonchev–Trinajstić information content (AvgIpc) is 3.26. The molecule has 0 fully saturated rings. The molecule has 0 saturated carbocycles. The van der Waals surface area contributed by atoms with Gasteiger partial charge in [-0.25, -0.2) is 0 Å². The molecule has 0 spiro atoms. The Balaban J connectivity index is 1.49. The third kappa shape index (κ3) is 3.50. The van der Waals surface area contributed by atoms with Crippen LogP contribution in [0, 0.1) is 0 Å². The maximum Gasteiger partial charge on any atom is 0.181 e. The predicted octanol–water partition coefficient (Wildman–Crippen LogP) is 7.06. The Morgan fingerprint density at radius 1 is 0.458 bits per heavy atom. The standard InChI is InChI=1S/C20H14O2S2/c1-3-7-15(8-4-1)21-19-13-11-17(23-19)18-12-14-20(24-18)22-16-9-5-2-6-10-16/h1-14H. The van der Waals surface area contributed by atoms with Crippen LogP contribution in [0.3, 0.4) is 0 Å². The molecule has 24 heavy (non-hydrogen) atoms. The second kappa shape index (κ2) is 6.91. The van der Waals surface area contributed by atoms with Crippen molar-refractivity contribution in [2.45, 2.75) is 0 Å². The lowest BCUT2D eigenvalue weighted by Crippen LogP contribution is -1.78. The van der Waals surface area contributed by atoms with Crippen LogP contribution in [-0.2, 0) is 0 Å². The van der Waals surface area contributed by atoms with Crippen LogP contribution in [0.2, 0.25) is 0 Å². The third-order valence-electron chi connectivity index (χ3n) is 3.33. The summed E-state index contributed by atoms with van der Waals surface area (Å²) < 4.78 is 11.7. The Bertz CT molecular complexity index is 833. The zero-order valence-electron chi connectivity index (χ0n) is 12.7. The maximum absolute atomic E-state index is 5.87. The van der Waals surface area contributed by atoms with Gasteiger partial charge in [0.1, 0.15) is 11.5 Å². The van der Waals surface area contributed by atoms with Gasteiger partial charge in [0.25, 0.3) is 0 Å². The molecule has 0 amide bonds. The average molecular weight is 350 g/mol. The van der Waals surface area contributed by atoms with Gasteiger partial charge in [-0.3, -0.25) is 0 Å². The Labute approximate surface area is 148 Å². The number of rotatable bonds is 5. The number of thiophene rings is 2. The molecule has 2 aromatic carbocycles. The predicted molar refractivity (Wildman–Crippen MR) is 101 cm³/mol. The van der Waals surface area contributed by atoms with Crippen molar-refractivity contribution in [2.75, 3.05) is 0 Å². The summed E-state index contributed by atoms with van der Waals surface area (Å²) in [5.74, 6) is 1.70. The Morgan fingerprint density at radius 3 is 1.29 bits per heavy atom. The molecule has 0 unspecified atom stereocenters. The highest BCUT2D eigenvalue weighted by atomic mass is 32.1. The number of benzene rings is 2. The number of hydrogen-bond donors (Lipinski definition) is 0. The minimum Gasteiger partial charge on any atom is -0.447 e. The van der Waals surface area contributed by atoms with E-state index in [1.54, 1.807) is 22.7 Å². The first-order valence-electron chi connectivity index (χ1n) is 7.53. The van der Waals surface area contributed by atoms with Gasteiger partial charge in [-0.1, -0.05) is 59.1 Å². The molecule has 0 bridgehead atoms. The molecule has 0 aliphatic carbocycles. The van der Waals surface area contributed by atoms with E-state index in [-0.39, 0.29) is 0 Å². The summed E-state index contributed by atoms with van der Waals surface area (Å²) in [6.45, 7) is 0. The van der Waals surface area contributed by atoms with Gasteiger partial charge in [0.05, 0.1) is 0 Å². The molecule has 0 N–H and O–H groups in total. The molecule has 4 aromatic rings. The van der Waals surface area contributed by atoms with E-state index >= 15 is 0 Å². The topological polar surface area (TPSA) is 18.5 Å². The molecule has 4 rings (SSSR count). The second-order valence-electron chi connectivity index (χ2n) is 5.07. The van der Waals surface area contributed by atoms with Crippen LogP contribution in [0.15, 0.2) is 84.9 Å². The Kier molecular flexibility index (Phi) is 4.32. The smallest absolute Gasteiger partial charge is 0.181 e. The van der Waals surface area contributed by atoms with E-state index in [1.165, 1.54) is 9.75 Å². The zero-order chi connectivity index (χ0) is 16.2. The molecular weight excluding hydrogens is 336 g/mol. The minimum absolute atomic E-state index is 0.852. The van der Waals surface area contributed by atoms with Crippen LogP contribution in [0.5, 0.6) is 21.6 Å². The van der Waals surface area contributed by atoms with Crippen molar-refractivity contribution in [3.8, 4) is 31.4 Å². The van der Waals surface area contributed by atoms with Gasteiger partial charge in [0.2, 0.25) is 0 Å². The zero-order valence-corrected chi connectivity index (χ0v) is 14.3. The van der Waals surface area contributed by atoms with Crippen LogP contribution in [0.4, 0.5) is 0 Å². The molecule has 0 aliphatic heterocycles. The van der Waals surface area contributed by atoms with Crippen molar-refractivity contribution in [3.63, 3.8) is 0 Å². The molecule has 2 nitrogen and oxygen atoms in total. The minimum atomic E-state index is 0.852. The first-order chi connectivity index (χ1) is 11.9. The number of para-hydroxylation sites is 2. The normalized spacial score (nSPS) is 10.5. The fourth-order valence-corrected chi connectivity index (χ4v) is 4.07. The van der Waals surface area contributed by atoms with Crippen molar-refractivity contribution in [3.05, 3.63) is 84.9 Å². The largest absolute Gasteiger partial charge is 0.447 e. The fraction of sp³-hybridized carbons (Fsp3) is 0. The van der Waals surface area contributed by atoms with Gasteiger partial charge >= 0.3 is 0 Å². The van der Waals surface area contributed by atoms with Crippen LogP contribution < -0.4 is 9.47 Å². The number of hydrogen-bond acceptors (Lipinski definition) is 4. The molecular formula is C20H14O2S2. The van der Waals surface area contributed by atoms with Crippen LogP contribution in [0.1, 0.15) is 0 Å². The summed E-state index contributed by atoms with van der Waals surface area (Å²) in [4.78, 5) is 2.35. The van der Waals surface area contributed by atoms with Gasteiger partial charge in [0.15, 0.2) is 10.1 Å². The molecule has 0 saturated heterocycles. The summed E-state index contributed by atoms with van der Waals surface area (Å²) in [5, 5.41) is 1.77. The third-order valence-corrected chi connectivity index (χ3v) is 5.45. The van der Waals surface area contributed by atoms with Gasteiger partial charge < -0.3 is 9.47 Å². The van der Waals surface area contributed by atoms with Gasteiger partial charge in [-0.2, -0.15) is 0 Å². The van der Waals surface area contributed by atoms with Crippen LogP contribution in [-0.4, -0.2) is 0 Å². The highest BCUT2D eigenvalue weighted by Crippen LogP contribution is 2.41. The van der Waals surface area contributed by atoms with Gasteiger partial charge in [-0.15, -0.1) is 0 Å². The molecule has 0 aliphatic rings. The molecule has 2 aromatic heterocycles. The van der Waals surface area contributed by atoms with E-state index < -0.39 is 0 Å². The summed E-state index contributed by atoms with van der Waals surface area (Å²) in [6, 6.07) is 27.8. The van der Waals surface area contributed by atoms with Crippen LogP contribution in [0.25, 0.3) is 9.75 Å². The van der Waals surface area contributed by atoms with E-state index in [0.717, 1.165) is 21.6 Å². The molecule has 2 heterocycles. The van der Waals surface area contributed by atoms with Crippen LogP contribution >= 0.6 is 22.7 Å². The maximum atomic E-state index is 5.87. The van der Waals surface area contributed by atoms with E-state index in [2.05, 4.69) is 12.1 Å². The summed E-state index contributed by atoms with van der Waals surface area (Å²) in [7, 11) is 0. The van der Waals surface area contributed by atoms with E-state index in [9.17, 15) is 0 Å². The molecule has 0 atom stereocenters. The Morgan fingerprint density at radius 2 is 0.875 bits per heavy atom. The summed E-state index contributed by atoms with van der Waals surface area (Å²) in [6.07, 6.45) is 0. The van der Waals surface area contributed by atoms with E-state index in [1.807, 2.05) is 72.8 Å². The van der Waals surface area contributed by atoms with Crippen molar-refractivity contribution in [1.82, 2.24) is 0 Å². The van der Waals surface area contributed by atoms with Crippen molar-refractivity contribution in [2.24, 2.45) is 0 Å². The van der Waals surface area contributed by atoms with E-state index in [4.69, 9.17) is 9.47 Å². The highest BCUT2D eigenvalue weighted by molar-refractivity contribution is 7.23. The molecule has 118 valence electrons. The lowest BCUT2D eigenvalue weighted by molar-refractivity contribution is 0.496. The summed E-state index contributed by atoms with van der Waals surface area (Å²) in [5.41, 5.74) is 0. The Hall–Kier alpha value is -2.56. The van der Waals surface area contributed by atoms with Crippen molar-refractivity contribution < 1.29 is 9.47 Å². The molecule has 4 heteroatoms. The lowest BCUT2D eigenvalue weighted by Gasteiger charge is -2.01. The van der Waals surface area contributed by atoms with E-state index in [0.29, 0.717) is 0 Å². The first kappa shape index (κ1) is 15.0. The monoisotopic (exact) mass is 350 g/mol. The first-order valence-corrected chi connectivity index (χ1v) is 9.16. The number of ether oxygens (including phenoxy) is 2. The van der Waals surface area contributed by atoms with Gasteiger partial charge in [-0.05, 0) is 48.5 Å². The summed E-state index contributed by atoms with van der Waals surface area (Å²) >= 11 is 3.27. The lowest BCUT2D eigenvalue weighted by atomic mass is 10.3. The molecule has 0 radical (unpaired) electrons. The quantitative estimate of drug-likeness (QED) is 0.383. The fourth-order valence-electron chi connectivity index (χ4n) is 2.22.